The molecule has 0 aliphatic carbocycles. The van der Waals surface area contributed by atoms with Crippen molar-refractivity contribution >= 4 is 6.29 Å². The van der Waals surface area contributed by atoms with E-state index in [2.05, 4.69) is 0 Å². The molecule has 0 saturated carbocycles. The summed E-state index contributed by atoms with van der Waals surface area (Å²) in [7, 11) is 0. The number of carbonyl (C=O) groups excluding carboxylic acids is 1. The quantitative estimate of drug-likeness (QED) is 0.467. The van der Waals surface area contributed by atoms with Crippen molar-refractivity contribution in [1.29, 1.82) is 0 Å². The number of ether oxygens (including phenoxy) is 1. The standard InChI is InChI=1S/C6H9O2/c7-5-6-3-1-2-4-8-6/h6H,1-4H2/q+1. The molecule has 0 bridgehead atoms. The molecule has 0 aromatic rings. The second-order valence-electron chi connectivity index (χ2n) is 1.97. The Balaban J connectivity index is 2.22. The second kappa shape index (κ2) is 2.75. The van der Waals surface area contributed by atoms with Gasteiger partial charge in [0.1, 0.15) is 0 Å². The van der Waals surface area contributed by atoms with Crippen molar-refractivity contribution in [2.45, 2.75) is 25.4 Å². The van der Waals surface area contributed by atoms with Gasteiger partial charge in [0.15, 0.2) is 0 Å². The summed E-state index contributed by atoms with van der Waals surface area (Å²) < 4.78 is 5.00. The first kappa shape index (κ1) is 5.67. The van der Waals surface area contributed by atoms with Crippen LogP contribution in [0.3, 0.4) is 0 Å². The number of rotatable bonds is 1. The summed E-state index contributed by atoms with van der Waals surface area (Å²) in [6.45, 7) is 0.736. The minimum atomic E-state index is -0.219. The molecule has 0 amide bonds. The van der Waals surface area contributed by atoms with Crippen LogP contribution in [0.5, 0.6) is 0 Å². The zero-order valence-corrected chi connectivity index (χ0v) is 4.72. The van der Waals surface area contributed by atoms with Crippen LogP contribution in [-0.4, -0.2) is 19.0 Å². The molecule has 1 aliphatic heterocycles. The molecule has 1 fully saturated rings. The highest BCUT2D eigenvalue weighted by Gasteiger charge is 2.24. The van der Waals surface area contributed by atoms with Crippen molar-refractivity contribution < 1.29 is 9.53 Å². The fraction of sp³-hybridized carbons (Fsp3) is 0.833. The Morgan fingerprint density at radius 1 is 1.50 bits per heavy atom. The molecule has 2 heteroatoms. The van der Waals surface area contributed by atoms with Gasteiger partial charge in [0.25, 0.3) is 0 Å². The van der Waals surface area contributed by atoms with Crippen molar-refractivity contribution in [3.05, 3.63) is 0 Å². The van der Waals surface area contributed by atoms with E-state index in [1.807, 2.05) is 6.29 Å². The molecule has 1 aliphatic rings. The fourth-order valence-electron chi connectivity index (χ4n) is 0.834. The van der Waals surface area contributed by atoms with Gasteiger partial charge in [0, 0.05) is 11.2 Å². The van der Waals surface area contributed by atoms with Crippen LogP contribution in [0, 0.1) is 0 Å². The smallest absolute Gasteiger partial charge is 0.326 e. The van der Waals surface area contributed by atoms with Crippen LogP contribution in [0.15, 0.2) is 0 Å². The summed E-state index contributed by atoms with van der Waals surface area (Å²) in [5.74, 6) is 0. The first-order valence-corrected chi connectivity index (χ1v) is 2.93. The van der Waals surface area contributed by atoms with Gasteiger partial charge in [-0.3, -0.25) is 0 Å². The van der Waals surface area contributed by atoms with E-state index in [0.717, 1.165) is 25.9 Å². The molecule has 44 valence electrons. The molecule has 0 N–H and O–H groups in total. The van der Waals surface area contributed by atoms with Crippen molar-refractivity contribution in [2.24, 2.45) is 0 Å². The van der Waals surface area contributed by atoms with Crippen LogP contribution in [0.1, 0.15) is 19.3 Å². The van der Waals surface area contributed by atoms with E-state index < -0.39 is 0 Å². The van der Waals surface area contributed by atoms with E-state index in [-0.39, 0.29) is 6.10 Å². The molecule has 0 aromatic heterocycles. The number of hydrogen-bond donors (Lipinski definition) is 0. The van der Waals surface area contributed by atoms with Crippen LogP contribution >= 0.6 is 0 Å². The lowest BCUT2D eigenvalue weighted by atomic mass is 10.1. The maximum Gasteiger partial charge on any atom is 0.540 e. The predicted octanol–water partition coefficient (Wildman–Crippen LogP) is 0.665. The van der Waals surface area contributed by atoms with E-state index in [4.69, 9.17) is 4.74 Å². The largest absolute Gasteiger partial charge is 0.540 e. The lowest BCUT2D eigenvalue weighted by molar-refractivity contribution is 0.0570. The van der Waals surface area contributed by atoms with E-state index >= 15 is 0 Å². The zero-order chi connectivity index (χ0) is 5.82. The Kier molecular flexibility index (Phi) is 1.95. The van der Waals surface area contributed by atoms with E-state index in [1.165, 1.54) is 0 Å². The Hall–Kier alpha value is -0.460. The van der Waals surface area contributed by atoms with E-state index in [0.29, 0.717) is 0 Å². The van der Waals surface area contributed by atoms with Crippen molar-refractivity contribution in [1.82, 2.24) is 0 Å². The molecule has 0 spiro atoms. The Labute approximate surface area is 48.8 Å². The minimum Gasteiger partial charge on any atom is -0.326 e. The lowest BCUT2D eigenvalue weighted by Crippen LogP contribution is -2.19. The minimum absolute atomic E-state index is 0.219. The number of hydrogen-bond acceptors (Lipinski definition) is 2. The Morgan fingerprint density at radius 2 is 2.38 bits per heavy atom. The molecule has 1 heterocycles. The molecule has 8 heavy (non-hydrogen) atoms. The van der Waals surface area contributed by atoms with Crippen LogP contribution in [-0.2, 0) is 9.53 Å². The van der Waals surface area contributed by atoms with Crippen LogP contribution in [0.4, 0.5) is 0 Å². The van der Waals surface area contributed by atoms with Gasteiger partial charge in [-0.1, -0.05) is 0 Å². The molecule has 0 radical (unpaired) electrons. The topological polar surface area (TPSA) is 26.3 Å². The SMILES string of the molecule is O=[C+]C1CCCCO1. The maximum absolute atomic E-state index is 9.91. The van der Waals surface area contributed by atoms with Crippen molar-refractivity contribution in [3.8, 4) is 0 Å². The third kappa shape index (κ3) is 1.25. The van der Waals surface area contributed by atoms with Gasteiger partial charge in [-0.25, -0.2) is 0 Å². The van der Waals surface area contributed by atoms with Crippen molar-refractivity contribution in [3.63, 3.8) is 0 Å². The van der Waals surface area contributed by atoms with Crippen LogP contribution in [0.25, 0.3) is 0 Å². The third-order valence-electron chi connectivity index (χ3n) is 1.31. The molecule has 1 unspecified atom stereocenters. The summed E-state index contributed by atoms with van der Waals surface area (Å²) in [5.41, 5.74) is 0. The monoisotopic (exact) mass is 113 g/mol. The van der Waals surface area contributed by atoms with Gasteiger partial charge in [-0.05, 0) is 12.8 Å². The Bertz CT molecular complexity index is 74.6. The second-order valence-corrected chi connectivity index (χ2v) is 1.97. The molecule has 0 aromatic carbocycles. The van der Waals surface area contributed by atoms with Crippen molar-refractivity contribution in [2.75, 3.05) is 6.61 Å². The summed E-state index contributed by atoms with van der Waals surface area (Å²) >= 11 is 0. The lowest BCUT2D eigenvalue weighted by Gasteiger charge is -2.08. The maximum atomic E-state index is 9.91. The third-order valence-corrected chi connectivity index (χ3v) is 1.31. The molecule has 1 saturated heterocycles. The van der Waals surface area contributed by atoms with E-state index in [1.54, 1.807) is 0 Å². The molecule has 1 atom stereocenters. The van der Waals surface area contributed by atoms with Gasteiger partial charge in [0.2, 0.25) is 0 Å². The summed E-state index contributed by atoms with van der Waals surface area (Å²) in [6.07, 6.45) is 4.68. The normalized spacial score (nSPS) is 29.2. The van der Waals surface area contributed by atoms with Gasteiger partial charge >= 0.3 is 12.4 Å². The first-order valence-electron chi connectivity index (χ1n) is 2.93. The average molecular weight is 113 g/mol. The highest BCUT2D eigenvalue weighted by Crippen LogP contribution is 2.09. The molecular formula is C6H9O2+. The van der Waals surface area contributed by atoms with Gasteiger partial charge in [-0.15, -0.1) is 0 Å². The fourth-order valence-corrected chi connectivity index (χ4v) is 0.834. The van der Waals surface area contributed by atoms with Gasteiger partial charge in [-0.2, -0.15) is 0 Å². The highest BCUT2D eigenvalue weighted by molar-refractivity contribution is 5.56. The summed E-state index contributed by atoms with van der Waals surface area (Å²) in [6, 6.07) is 0. The average Bonchev–Trinajstić information content (AvgIpc) is 1.90. The summed E-state index contributed by atoms with van der Waals surface area (Å²) in [4.78, 5) is 9.91. The van der Waals surface area contributed by atoms with Crippen LogP contribution in [0.2, 0.25) is 0 Å². The van der Waals surface area contributed by atoms with Gasteiger partial charge in [0.05, 0.1) is 6.61 Å². The van der Waals surface area contributed by atoms with Gasteiger partial charge < -0.3 is 4.74 Å². The molecule has 1 rings (SSSR count). The van der Waals surface area contributed by atoms with Crippen LogP contribution < -0.4 is 0 Å². The molecule has 2 nitrogen and oxygen atoms in total. The summed E-state index contributed by atoms with van der Waals surface area (Å²) in [5, 5.41) is 0. The first-order chi connectivity index (χ1) is 3.93. The predicted molar refractivity (Wildman–Crippen MR) is 29.3 cm³/mol. The highest BCUT2D eigenvalue weighted by atomic mass is 16.5. The zero-order valence-electron chi connectivity index (χ0n) is 4.72. The molecular weight excluding hydrogens is 104 g/mol. The Morgan fingerprint density at radius 3 is 2.75 bits per heavy atom. The van der Waals surface area contributed by atoms with E-state index in [9.17, 15) is 4.79 Å².